The van der Waals surface area contributed by atoms with E-state index in [1.54, 1.807) is 6.20 Å². The van der Waals surface area contributed by atoms with Crippen LogP contribution in [0.3, 0.4) is 0 Å². The molecule has 1 aromatic heterocycles. The molecule has 13 nitrogen and oxygen atoms in total. The number of nitrogens with one attached hydrogen (secondary N) is 3. The summed E-state index contributed by atoms with van der Waals surface area (Å²) in [6.45, 7) is 4.17. The molecule has 3 rings (SSSR count). The van der Waals surface area contributed by atoms with Gasteiger partial charge in [-0.3, -0.25) is 19.2 Å². The third-order valence-corrected chi connectivity index (χ3v) is 5.88. The molecule has 0 spiro atoms. The lowest BCUT2D eigenvalue weighted by atomic mass is 9.97. The van der Waals surface area contributed by atoms with Crippen LogP contribution in [0.5, 0.6) is 0 Å². The molecule has 2 heterocycles. The Kier molecular flexibility index (Phi) is 9.95. The highest BCUT2D eigenvalue weighted by atomic mass is 32.1. The summed E-state index contributed by atoms with van der Waals surface area (Å²) < 4.78 is 27.2. The lowest BCUT2D eigenvalue weighted by Crippen LogP contribution is -2.66. The Morgan fingerprint density at radius 2 is 1.59 bits per heavy atom. The molecule has 1 aliphatic heterocycles. The second-order valence-electron chi connectivity index (χ2n) is 8.64. The minimum Gasteiger partial charge on any atom is -0.463 e. The predicted octanol–water partition coefficient (Wildman–Crippen LogP) is 0.955. The zero-order valence-corrected chi connectivity index (χ0v) is 22.4. The standard InChI is InChI=1S/C25H29N3O10S/c1-12(30)34-11-20-21(35-13(2)31)22(36-14(3)32)23(37-15(4)33)24(38-20)28-25(39)27-19(10-29)17-9-26-18-8-6-5-7-16(17)18/h5-10,19-24,26H,11H2,1-4H3,(H2,27,28,39). The molecule has 210 valence electrons. The van der Waals surface area contributed by atoms with Gasteiger partial charge in [0.05, 0.1) is 0 Å². The van der Waals surface area contributed by atoms with Gasteiger partial charge in [0.1, 0.15) is 25.0 Å². The summed E-state index contributed by atoms with van der Waals surface area (Å²) in [6, 6.07) is 6.51. The quantitative estimate of drug-likeness (QED) is 0.171. The molecule has 0 amide bonds. The highest BCUT2D eigenvalue weighted by Gasteiger charge is 2.52. The number of aromatic amines is 1. The molecule has 0 aliphatic carbocycles. The van der Waals surface area contributed by atoms with Gasteiger partial charge >= 0.3 is 23.9 Å². The van der Waals surface area contributed by atoms with Gasteiger partial charge in [-0.15, -0.1) is 0 Å². The average molecular weight is 564 g/mol. The van der Waals surface area contributed by atoms with E-state index in [4.69, 9.17) is 35.9 Å². The normalized spacial score (nSPS) is 23.1. The molecule has 0 radical (unpaired) electrons. The number of hydrogen-bond acceptors (Lipinski definition) is 11. The Labute approximate surface area is 228 Å². The number of carbonyl (C=O) groups excluding carboxylic acids is 5. The van der Waals surface area contributed by atoms with Crippen LogP contribution in [-0.2, 0) is 47.7 Å². The lowest BCUT2D eigenvalue weighted by Gasteiger charge is -2.44. The van der Waals surface area contributed by atoms with Crippen molar-refractivity contribution in [3.8, 4) is 0 Å². The molecular weight excluding hydrogens is 534 g/mol. The highest BCUT2D eigenvalue weighted by Crippen LogP contribution is 2.29. The number of para-hydroxylation sites is 1. The summed E-state index contributed by atoms with van der Waals surface area (Å²) in [5, 5.41) is 6.44. The molecule has 39 heavy (non-hydrogen) atoms. The molecule has 0 saturated carbocycles. The first-order chi connectivity index (χ1) is 18.5. The van der Waals surface area contributed by atoms with Gasteiger partial charge in [-0.25, -0.2) is 0 Å². The number of rotatable bonds is 9. The van der Waals surface area contributed by atoms with E-state index in [2.05, 4.69) is 15.6 Å². The maximum absolute atomic E-state index is 12.0. The number of fused-ring (bicyclic) bond motifs is 1. The van der Waals surface area contributed by atoms with Gasteiger partial charge in [0.15, 0.2) is 29.7 Å². The lowest BCUT2D eigenvalue weighted by molar-refractivity contribution is -0.254. The van der Waals surface area contributed by atoms with Crippen molar-refractivity contribution in [1.82, 2.24) is 15.6 Å². The van der Waals surface area contributed by atoms with Crippen molar-refractivity contribution in [1.29, 1.82) is 0 Å². The molecule has 0 bridgehead atoms. The van der Waals surface area contributed by atoms with E-state index in [1.807, 2.05) is 24.3 Å². The fourth-order valence-electron chi connectivity index (χ4n) is 4.19. The van der Waals surface area contributed by atoms with Crippen LogP contribution in [0.4, 0.5) is 0 Å². The van der Waals surface area contributed by atoms with Crippen molar-refractivity contribution in [3.63, 3.8) is 0 Å². The SMILES string of the molecule is CC(=O)OCC1OC(NC(=S)NC(C=O)c2c[nH]c3ccccc23)C(OC(C)=O)C(OC(C)=O)C1OC(C)=O. The van der Waals surface area contributed by atoms with Gasteiger partial charge in [-0.2, -0.15) is 0 Å². The summed E-state index contributed by atoms with van der Waals surface area (Å²) in [4.78, 5) is 62.4. The summed E-state index contributed by atoms with van der Waals surface area (Å²) in [6.07, 6.45) is -4.11. The van der Waals surface area contributed by atoms with Crippen LogP contribution in [0.15, 0.2) is 30.5 Å². The van der Waals surface area contributed by atoms with Gasteiger partial charge in [0, 0.05) is 50.4 Å². The van der Waals surface area contributed by atoms with Gasteiger partial charge in [-0.1, -0.05) is 18.2 Å². The van der Waals surface area contributed by atoms with E-state index in [-0.39, 0.29) is 11.7 Å². The van der Waals surface area contributed by atoms with Gasteiger partial charge in [0.2, 0.25) is 0 Å². The van der Waals surface area contributed by atoms with Crippen molar-refractivity contribution in [2.45, 2.75) is 64.4 Å². The topological polar surface area (TPSA) is 171 Å². The molecule has 1 aromatic carbocycles. The van der Waals surface area contributed by atoms with Crippen molar-refractivity contribution in [2.24, 2.45) is 0 Å². The third kappa shape index (κ3) is 7.74. The van der Waals surface area contributed by atoms with Crippen LogP contribution in [0.1, 0.15) is 39.3 Å². The first-order valence-corrected chi connectivity index (χ1v) is 12.3. The number of benzene rings is 1. The van der Waals surface area contributed by atoms with E-state index in [1.165, 1.54) is 6.92 Å². The largest absolute Gasteiger partial charge is 0.463 e. The van der Waals surface area contributed by atoms with Gasteiger partial charge < -0.3 is 44.1 Å². The van der Waals surface area contributed by atoms with Crippen molar-refractivity contribution >= 4 is 58.4 Å². The van der Waals surface area contributed by atoms with E-state index in [0.29, 0.717) is 11.8 Å². The zero-order chi connectivity index (χ0) is 28.7. The first kappa shape index (κ1) is 29.5. The summed E-state index contributed by atoms with van der Waals surface area (Å²) in [7, 11) is 0. The summed E-state index contributed by atoms with van der Waals surface area (Å²) in [5.74, 6) is -2.90. The van der Waals surface area contributed by atoms with Crippen LogP contribution in [0.25, 0.3) is 10.9 Å². The highest BCUT2D eigenvalue weighted by molar-refractivity contribution is 7.80. The Balaban J connectivity index is 1.89. The fourth-order valence-corrected chi connectivity index (χ4v) is 4.44. The molecule has 6 atom stereocenters. The number of H-pyrrole nitrogens is 1. The number of thiocarbonyl (C=S) groups is 1. The van der Waals surface area contributed by atoms with Crippen LogP contribution in [0.2, 0.25) is 0 Å². The first-order valence-electron chi connectivity index (χ1n) is 11.9. The van der Waals surface area contributed by atoms with Crippen LogP contribution in [0, 0.1) is 0 Å². The Hall–Kier alpha value is -4.04. The molecule has 6 unspecified atom stereocenters. The second kappa shape index (κ2) is 13.2. The minimum atomic E-state index is -1.36. The smallest absolute Gasteiger partial charge is 0.303 e. The third-order valence-electron chi connectivity index (χ3n) is 5.64. The number of aromatic nitrogens is 1. The fraction of sp³-hybridized carbons (Fsp3) is 0.440. The van der Waals surface area contributed by atoms with Crippen molar-refractivity contribution < 1.29 is 47.7 Å². The van der Waals surface area contributed by atoms with Crippen molar-refractivity contribution in [3.05, 3.63) is 36.0 Å². The molecule has 1 aliphatic rings. The number of carbonyl (C=O) groups is 5. The molecule has 2 aromatic rings. The minimum absolute atomic E-state index is 0.0710. The molecule has 1 saturated heterocycles. The zero-order valence-electron chi connectivity index (χ0n) is 21.6. The second-order valence-corrected chi connectivity index (χ2v) is 9.05. The number of aldehydes is 1. The molecule has 14 heteroatoms. The van der Waals surface area contributed by atoms with Gasteiger partial charge in [-0.05, 0) is 18.3 Å². The Bertz CT molecular complexity index is 1250. The maximum Gasteiger partial charge on any atom is 0.303 e. The molecular formula is C25H29N3O10S. The molecule has 3 N–H and O–H groups in total. The average Bonchev–Trinajstić information content (AvgIpc) is 3.28. The Morgan fingerprint density at radius 1 is 0.974 bits per heavy atom. The monoisotopic (exact) mass is 563 g/mol. The molecule has 1 fully saturated rings. The van der Waals surface area contributed by atoms with Crippen molar-refractivity contribution in [2.75, 3.05) is 6.61 Å². The number of hydrogen-bond donors (Lipinski definition) is 3. The summed E-state index contributed by atoms with van der Waals surface area (Å²) in [5.41, 5.74) is 1.45. The predicted molar refractivity (Wildman–Crippen MR) is 138 cm³/mol. The van der Waals surface area contributed by atoms with Crippen LogP contribution in [-0.4, -0.2) is 77.5 Å². The Morgan fingerprint density at radius 3 is 2.21 bits per heavy atom. The summed E-state index contributed by atoms with van der Waals surface area (Å²) >= 11 is 5.42. The van der Waals surface area contributed by atoms with E-state index in [9.17, 15) is 24.0 Å². The maximum atomic E-state index is 12.0. The van der Waals surface area contributed by atoms with Crippen LogP contribution >= 0.6 is 12.2 Å². The van der Waals surface area contributed by atoms with Crippen LogP contribution < -0.4 is 10.6 Å². The van der Waals surface area contributed by atoms with E-state index in [0.717, 1.165) is 31.7 Å². The number of ether oxygens (including phenoxy) is 5. The number of esters is 4. The van der Waals surface area contributed by atoms with Gasteiger partial charge in [0.25, 0.3) is 0 Å². The van der Waals surface area contributed by atoms with E-state index < -0.39 is 60.6 Å². The van der Waals surface area contributed by atoms with E-state index >= 15 is 0 Å².